The van der Waals surface area contributed by atoms with E-state index in [0.717, 1.165) is 6.07 Å². The third-order valence-corrected chi connectivity index (χ3v) is 4.74. The van der Waals surface area contributed by atoms with Crippen LogP contribution < -0.4 is 24.3 Å². The van der Waals surface area contributed by atoms with E-state index in [1.165, 1.54) is 26.4 Å². The number of pyridine rings is 1. The summed E-state index contributed by atoms with van der Waals surface area (Å²) in [5.41, 5.74) is 5.96. The quantitative estimate of drug-likeness (QED) is 0.343. The maximum atomic E-state index is 12.4. The van der Waals surface area contributed by atoms with Crippen molar-refractivity contribution in [1.82, 2.24) is 4.98 Å². The molecule has 0 fully saturated rings. The molecular formula is C18H17AsN4O6. The Labute approximate surface area is 175 Å². The number of aromatic nitrogens is 1. The molecule has 0 spiro atoms. The van der Waals surface area contributed by atoms with Crippen LogP contribution in [0.1, 0.15) is 29.7 Å². The van der Waals surface area contributed by atoms with E-state index in [1.807, 2.05) is 6.07 Å². The van der Waals surface area contributed by atoms with Gasteiger partial charge in [-0.15, -0.1) is 0 Å². The van der Waals surface area contributed by atoms with E-state index < -0.39 is 16.7 Å². The van der Waals surface area contributed by atoms with E-state index in [0.29, 0.717) is 4.35 Å². The van der Waals surface area contributed by atoms with Crippen LogP contribution >= 0.6 is 0 Å². The van der Waals surface area contributed by atoms with Crippen LogP contribution in [0.3, 0.4) is 0 Å². The number of nitrogens with two attached hydrogens (primary N) is 1. The van der Waals surface area contributed by atoms with Crippen LogP contribution in [0, 0.1) is 21.4 Å². The molecule has 1 atom stereocenters. The molecule has 1 heterocycles. The van der Waals surface area contributed by atoms with Crippen molar-refractivity contribution < 1.29 is 23.9 Å². The zero-order chi connectivity index (χ0) is 21.7. The predicted octanol–water partition coefficient (Wildman–Crippen LogP) is 0.688. The summed E-state index contributed by atoms with van der Waals surface area (Å²) in [7, 11) is 2.58. The number of benzene rings is 1. The number of hydrogen-bond acceptors (Lipinski definition) is 8. The normalized spacial score (nSPS) is 11.3. The Morgan fingerprint density at radius 3 is 2.48 bits per heavy atom. The van der Waals surface area contributed by atoms with E-state index in [4.69, 9.17) is 19.9 Å². The van der Waals surface area contributed by atoms with Crippen molar-refractivity contribution in [2.75, 3.05) is 20.8 Å². The number of primary amides is 1. The summed E-state index contributed by atoms with van der Waals surface area (Å²) in [6.07, 6.45) is 0. The first-order valence-electron chi connectivity index (χ1n) is 8.25. The van der Waals surface area contributed by atoms with Gasteiger partial charge in [0.1, 0.15) is 0 Å². The van der Waals surface area contributed by atoms with Gasteiger partial charge in [-0.1, -0.05) is 0 Å². The van der Waals surface area contributed by atoms with Crippen LogP contribution in [0.2, 0.25) is 0 Å². The second kappa shape index (κ2) is 9.26. The molecule has 0 aliphatic carbocycles. The van der Waals surface area contributed by atoms with Gasteiger partial charge in [0.15, 0.2) is 0 Å². The van der Waals surface area contributed by atoms with E-state index in [1.54, 1.807) is 6.92 Å². The number of carbonyl (C=O) groups is 1. The van der Waals surface area contributed by atoms with Gasteiger partial charge in [0.05, 0.1) is 0 Å². The topological polar surface area (TPSA) is 151 Å². The molecule has 10 nitrogen and oxygen atoms in total. The molecule has 2 radical (unpaired) electrons. The number of nitro benzene ring substituents is 1. The molecule has 0 aliphatic heterocycles. The van der Waals surface area contributed by atoms with Gasteiger partial charge in [-0.3, -0.25) is 0 Å². The minimum atomic E-state index is -1.13. The first-order valence-corrected chi connectivity index (χ1v) is 9.19. The number of nitrogens with zero attached hydrogens (tertiary/aromatic N) is 3. The van der Waals surface area contributed by atoms with Crippen molar-refractivity contribution in [2.45, 2.75) is 12.8 Å². The van der Waals surface area contributed by atoms with Crippen molar-refractivity contribution in [1.29, 1.82) is 5.26 Å². The van der Waals surface area contributed by atoms with Crippen LogP contribution in [0.5, 0.6) is 17.4 Å². The van der Waals surface area contributed by atoms with Gasteiger partial charge < -0.3 is 0 Å². The number of carbonyl (C=O) groups excluding carboxylic acids is 1. The number of rotatable bonds is 8. The molecule has 29 heavy (non-hydrogen) atoms. The molecule has 2 N–H and O–H groups in total. The van der Waals surface area contributed by atoms with E-state index in [2.05, 4.69) is 21.8 Å². The zero-order valence-electron chi connectivity index (χ0n) is 15.8. The molecule has 1 aromatic heterocycles. The third-order valence-electron chi connectivity index (χ3n) is 4.00. The van der Waals surface area contributed by atoms with E-state index in [9.17, 15) is 20.2 Å². The summed E-state index contributed by atoms with van der Waals surface area (Å²) in [6.45, 7) is 1.99. The van der Waals surface area contributed by atoms with Gasteiger partial charge in [0, 0.05) is 0 Å². The summed E-state index contributed by atoms with van der Waals surface area (Å²) >= 11 is 2.21. The second-order valence-corrected chi connectivity index (χ2v) is 6.66. The van der Waals surface area contributed by atoms with Crippen LogP contribution in [0.4, 0.5) is 5.69 Å². The van der Waals surface area contributed by atoms with Crippen molar-refractivity contribution in [3.05, 3.63) is 45.1 Å². The summed E-state index contributed by atoms with van der Waals surface area (Å²) in [5.74, 6) is -1.84. The Morgan fingerprint density at radius 1 is 1.34 bits per heavy atom. The second-order valence-electron chi connectivity index (χ2n) is 5.65. The van der Waals surface area contributed by atoms with Crippen molar-refractivity contribution in [3.63, 3.8) is 0 Å². The number of nitro groups is 1. The predicted molar refractivity (Wildman–Crippen MR) is 103 cm³/mol. The fourth-order valence-electron chi connectivity index (χ4n) is 2.75. The Hall–Kier alpha value is -3.31. The molecule has 1 amide bonds. The Balaban J connectivity index is 2.78. The molecule has 1 aromatic carbocycles. The molecule has 11 heteroatoms. The fourth-order valence-corrected chi connectivity index (χ4v) is 3.34. The summed E-state index contributed by atoms with van der Waals surface area (Å²) in [6, 6.07) is 5.99. The van der Waals surface area contributed by atoms with Crippen LogP contribution in [0.15, 0.2) is 18.2 Å². The number of hydrogen-bond donors (Lipinski definition) is 1. The summed E-state index contributed by atoms with van der Waals surface area (Å²) in [5, 5.41) is 20.6. The van der Waals surface area contributed by atoms with Gasteiger partial charge in [0.25, 0.3) is 0 Å². The summed E-state index contributed by atoms with van der Waals surface area (Å²) in [4.78, 5) is 27.3. The van der Waals surface area contributed by atoms with Gasteiger partial charge >= 0.3 is 175 Å². The zero-order valence-corrected chi connectivity index (χ0v) is 17.7. The molecule has 0 aliphatic rings. The summed E-state index contributed by atoms with van der Waals surface area (Å²) < 4.78 is 16.3. The van der Waals surface area contributed by atoms with Gasteiger partial charge in [0.2, 0.25) is 0 Å². The first-order chi connectivity index (χ1) is 13.8. The number of nitriles is 1. The molecule has 0 bridgehead atoms. The Kier molecular flexibility index (Phi) is 7.02. The van der Waals surface area contributed by atoms with Crippen LogP contribution in [0.25, 0.3) is 0 Å². The minimum absolute atomic E-state index is 0.0576. The van der Waals surface area contributed by atoms with Crippen molar-refractivity contribution >= 4 is 32.8 Å². The molecule has 150 valence electrons. The Bertz CT molecular complexity index is 1000. The molecule has 1 unspecified atom stereocenters. The van der Waals surface area contributed by atoms with E-state index >= 15 is 0 Å². The third kappa shape index (κ3) is 4.41. The first kappa shape index (κ1) is 22.0. The molecule has 2 rings (SSSR count). The fraction of sp³-hybridized carbons (Fsp3) is 0.278. The maximum absolute atomic E-state index is 12.4. The Morgan fingerprint density at radius 2 is 2.00 bits per heavy atom. The standard InChI is InChI=1S/C18H17AsN4O6/c1-4-29-18-10(8-20)11(19)6-12(22-18)16(17(21)24)9-5-15(28-3)13(23(25)26)7-14(9)27-2/h5-7,16H,4H2,1-3H3,(H2,21,24). The monoisotopic (exact) mass is 460 g/mol. The number of ether oxygens (including phenoxy) is 3. The molecule has 0 saturated heterocycles. The van der Waals surface area contributed by atoms with E-state index in [-0.39, 0.29) is 46.5 Å². The average molecular weight is 460 g/mol. The van der Waals surface area contributed by atoms with Crippen molar-refractivity contribution in [2.24, 2.45) is 5.73 Å². The molecule has 0 saturated carbocycles. The van der Waals surface area contributed by atoms with Crippen LogP contribution in [-0.2, 0) is 4.79 Å². The van der Waals surface area contributed by atoms with Gasteiger partial charge in [-0.25, -0.2) is 0 Å². The SMILES string of the molecule is CCOc1nc(C(C(N)=O)c2cc(OC)c([N+](=O)[O-])cc2OC)cc([As])c1C#N. The average Bonchev–Trinajstić information content (AvgIpc) is 2.67. The van der Waals surface area contributed by atoms with Gasteiger partial charge in [-0.2, -0.15) is 0 Å². The van der Waals surface area contributed by atoms with Gasteiger partial charge in [-0.05, 0) is 0 Å². The molecular weight excluding hydrogens is 443 g/mol. The number of methoxy groups -OCH3 is 2. The van der Waals surface area contributed by atoms with Crippen LogP contribution in [-0.4, -0.2) is 53.5 Å². The van der Waals surface area contributed by atoms with Crippen molar-refractivity contribution in [3.8, 4) is 23.4 Å². The number of amides is 1. The molecule has 2 aromatic rings.